The van der Waals surface area contributed by atoms with Crippen molar-refractivity contribution in [2.24, 2.45) is 0 Å². The van der Waals surface area contributed by atoms with Gasteiger partial charge in [0.1, 0.15) is 5.82 Å². The monoisotopic (exact) mass is 328 g/mol. The van der Waals surface area contributed by atoms with E-state index in [0.717, 1.165) is 24.0 Å². The van der Waals surface area contributed by atoms with Crippen LogP contribution >= 0.6 is 11.5 Å². The molecule has 2 heterocycles. The fraction of sp³-hybridized carbons (Fsp3) is 0.333. The minimum atomic E-state index is -0.122. The van der Waals surface area contributed by atoms with E-state index in [1.54, 1.807) is 29.2 Å². The number of urea groups is 1. The molecule has 0 saturated carbocycles. The number of carbonyl (C=O) groups excluding carboxylic acids is 1. The highest BCUT2D eigenvalue weighted by atomic mass is 32.1. The Hall–Kier alpha value is -2.66. The van der Waals surface area contributed by atoms with E-state index in [1.807, 2.05) is 6.92 Å². The van der Waals surface area contributed by atoms with Gasteiger partial charge in [0.25, 0.3) is 0 Å². The maximum Gasteiger partial charge on any atom is 0.321 e. The number of aryl methyl sites for hydroxylation is 1. The molecule has 7 nitrogen and oxygen atoms in total. The molecular weight excluding hydrogens is 312 g/mol. The molecule has 1 fully saturated rings. The summed E-state index contributed by atoms with van der Waals surface area (Å²) in [6.07, 6.45) is 0. The Bertz CT molecular complexity index is 727. The minimum Gasteiger partial charge on any atom is -0.343 e. The molecule has 1 aromatic carbocycles. The van der Waals surface area contributed by atoms with Crippen LogP contribution in [0.3, 0.4) is 0 Å². The van der Waals surface area contributed by atoms with Crippen LogP contribution in [0.25, 0.3) is 0 Å². The lowest BCUT2D eigenvalue weighted by molar-refractivity contribution is 0.208. The second-order valence-corrected chi connectivity index (χ2v) is 5.95. The van der Waals surface area contributed by atoms with E-state index >= 15 is 0 Å². The predicted octanol–water partition coefficient (Wildman–Crippen LogP) is 2.07. The molecular formula is C15H16N6OS. The van der Waals surface area contributed by atoms with Gasteiger partial charge >= 0.3 is 6.03 Å². The zero-order valence-corrected chi connectivity index (χ0v) is 13.5. The van der Waals surface area contributed by atoms with Crippen LogP contribution in [0.4, 0.5) is 15.6 Å². The number of amides is 2. The van der Waals surface area contributed by atoms with Gasteiger partial charge in [-0.2, -0.15) is 9.64 Å². The van der Waals surface area contributed by atoms with Crippen molar-refractivity contribution in [2.45, 2.75) is 6.92 Å². The molecule has 0 spiro atoms. The molecule has 1 aliphatic heterocycles. The molecule has 2 amide bonds. The van der Waals surface area contributed by atoms with Crippen molar-refractivity contribution in [3.63, 3.8) is 0 Å². The fourth-order valence-electron chi connectivity index (χ4n) is 2.35. The lowest BCUT2D eigenvalue weighted by atomic mass is 10.2. The molecule has 2 aromatic rings. The lowest BCUT2D eigenvalue weighted by Crippen LogP contribution is -2.50. The Labute approximate surface area is 138 Å². The number of hydrogen-bond donors (Lipinski definition) is 1. The van der Waals surface area contributed by atoms with E-state index in [2.05, 4.69) is 25.6 Å². The van der Waals surface area contributed by atoms with Crippen LogP contribution in [-0.4, -0.2) is 46.5 Å². The van der Waals surface area contributed by atoms with Crippen LogP contribution in [0, 0.1) is 18.3 Å². The van der Waals surface area contributed by atoms with Crippen molar-refractivity contribution in [3.8, 4) is 6.07 Å². The van der Waals surface area contributed by atoms with Crippen molar-refractivity contribution < 1.29 is 4.79 Å². The predicted molar refractivity (Wildman–Crippen MR) is 88.6 cm³/mol. The van der Waals surface area contributed by atoms with Crippen molar-refractivity contribution in [1.29, 1.82) is 5.26 Å². The maximum atomic E-state index is 12.3. The van der Waals surface area contributed by atoms with Gasteiger partial charge in [-0.3, -0.25) is 0 Å². The molecule has 0 aliphatic carbocycles. The fourth-order valence-corrected chi connectivity index (χ4v) is 3.07. The number of nitrogens with zero attached hydrogens (tertiary/aromatic N) is 5. The molecule has 118 valence electrons. The first kappa shape index (κ1) is 15.2. The second-order valence-electron chi connectivity index (χ2n) is 5.22. The zero-order chi connectivity index (χ0) is 16.2. The average Bonchev–Trinajstić information content (AvgIpc) is 3.02. The van der Waals surface area contributed by atoms with Crippen LogP contribution < -0.4 is 10.2 Å². The molecule has 8 heteroatoms. The van der Waals surface area contributed by atoms with Crippen molar-refractivity contribution in [2.75, 3.05) is 36.4 Å². The summed E-state index contributed by atoms with van der Waals surface area (Å²) in [7, 11) is 0. The molecule has 1 aliphatic rings. The van der Waals surface area contributed by atoms with Gasteiger partial charge in [0, 0.05) is 43.4 Å². The third-order valence-corrected chi connectivity index (χ3v) is 4.49. The van der Waals surface area contributed by atoms with Gasteiger partial charge in [0.2, 0.25) is 5.13 Å². The second kappa shape index (κ2) is 6.62. The number of carbonyl (C=O) groups is 1. The van der Waals surface area contributed by atoms with Crippen LogP contribution in [0.15, 0.2) is 24.3 Å². The Balaban J connectivity index is 1.54. The standard InChI is InChI=1S/C15H16N6OS/c1-11-17-15(23-19-11)21-8-6-20(7-9-21)14(22)18-13-4-2-12(10-16)3-5-13/h2-5H,6-9H2,1H3,(H,18,22). The van der Waals surface area contributed by atoms with Crippen LogP contribution in [0.5, 0.6) is 0 Å². The third kappa shape index (κ3) is 3.57. The Morgan fingerprint density at radius 3 is 2.52 bits per heavy atom. The first-order valence-corrected chi connectivity index (χ1v) is 8.04. The first-order chi connectivity index (χ1) is 11.2. The van der Waals surface area contributed by atoms with E-state index in [0.29, 0.717) is 24.3 Å². The highest BCUT2D eigenvalue weighted by molar-refractivity contribution is 7.09. The molecule has 23 heavy (non-hydrogen) atoms. The number of piperazine rings is 1. The SMILES string of the molecule is Cc1nsc(N2CCN(C(=O)Nc3ccc(C#N)cc3)CC2)n1. The quantitative estimate of drug-likeness (QED) is 0.912. The van der Waals surface area contributed by atoms with Crippen molar-refractivity contribution >= 4 is 28.4 Å². The van der Waals surface area contributed by atoms with Crippen molar-refractivity contribution in [3.05, 3.63) is 35.7 Å². The van der Waals surface area contributed by atoms with Gasteiger partial charge in [-0.25, -0.2) is 9.78 Å². The topological polar surface area (TPSA) is 85.2 Å². The van der Waals surface area contributed by atoms with E-state index in [9.17, 15) is 4.79 Å². The van der Waals surface area contributed by atoms with Crippen molar-refractivity contribution in [1.82, 2.24) is 14.3 Å². The zero-order valence-electron chi connectivity index (χ0n) is 12.7. The molecule has 3 rings (SSSR count). The number of nitrogens with one attached hydrogen (secondary N) is 1. The third-order valence-electron chi connectivity index (χ3n) is 3.62. The number of benzene rings is 1. The van der Waals surface area contributed by atoms with E-state index in [-0.39, 0.29) is 6.03 Å². The lowest BCUT2D eigenvalue weighted by Gasteiger charge is -2.34. The molecule has 1 aromatic heterocycles. The van der Waals surface area contributed by atoms with Gasteiger partial charge in [-0.05, 0) is 31.2 Å². The molecule has 1 saturated heterocycles. The summed E-state index contributed by atoms with van der Waals surface area (Å²) >= 11 is 1.39. The molecule has 0 unspecified atom stereocenters. The number of hydrogen-bond acceptors (Lipinski definition) is 6. The van der Waals surface area contributed by atoms with Crippen LogP contribution in [0.2, 0.25) is 0 Å². The van der Waals surface area contributed by atoms with Crippen LogP contribution in [0.1, 0.15) is 11.4 Å². The van der Waals surface area contributed by atoms with Crippen LogP contribution in [-0.2, 0) is 0 Å². The Kier molecular flexibility index (Phi) is 4.39. The summed E-state index contributed by atoms with van der Waals surface area (Å²) in [5, 5.41) is 12.5. The summed E-state index contributed by atoms with van der Waals surface area (Å²) in [6.45, 7) is 4.65. The largest absolute Gasteiger partial charge is 0.343 e. The van der Waals surface area contributed by atoms with Gasteiger partial charge in [0.05, 0.1) is 11.6 Å². The highest BCUT2D eigenvalue weighted by Gasteiger charge is 2.23. The Morgan fingerprint density at radius 2 is 1.96 bits per heavy atom. The number of aromatic nitrogens is 2. The van der Waals surface area contributed by atoms with Gasteiger partial charge in [-0.15, -0.1) is 0 Å². The van der Waals surface area contributed by atoms with E-state index in [1.165, 1.54) is 11.5 Å². The summed E-state index contributed by atoms with van der Waals surface area (Å²) < 4.78 is 4.19. The number of rotatable bonds is 2. The highest BCUT2D eigenvalue weighted by Crippen LogP contribution is 2.19. The smallest absolute Gasteiger partial charge is 0.321 e. The summed E-state index contributed by atoms with van der Waals surface area (Å²) in [5.41, 5.74) is 1.26. The molecule has 0 radical (unpaired) electrons. The number of anilines is 2. The maximum absolute atomic E-state index is 12.3. The molecule has 1 N–H and O–H groups in total. The van der Waals surface area contributed by atoms with Gasteiger partial charge < -0.3 is 15.1 Å². The molecule has 0 atom stereocenters. The van der Waals surface area contributed by atoms with Gasteiger partial charge in [0.15, 0.2) is 0 Å². The summed E-state index contributed by atoms with van der Waals surface area (Å²) in [6, 6.07) is 8.77. The van der Waals surface area contributed by atoms with Gasteiger partial charge in [-0.1, -0.05) is 0 Å². The van der Waals surface area contributed by atoms with E-state index < -0.39 is 0 Å². The normalized spacial score (nSPS) is 14.4. The Morgan fingerprint density at radius 1 is 1.26 bits per heavy atom. The van der Waals surface area contributed by atoms with E-state index in [4.69, 9.17) is 5.26 Å². The molecule has 0 bridgehead atoms. The first-order valence-electron chi connectivity index (χ1n) is 7.27. The number of nitriles is 1. The minimum absolute atomic E-state index is 0.122. The summed E-state index contributed by atoms with van der Waals surface area (Å²) in [4.78, 5) is 20.6. The average molecular weight is 328 g/mol. The summed E-state index contributed by atoms with van der Waals surface area (Å²) in [5.74, 6) is 0.783.